The molecule has 0 aliphatic heterocycles. The molecule has 1 atom stereocenters. The Labute approximate surface area is 94.5 Å². The molecule has 1 aromatic carbocycles. The molecule has 0 heterocycles. The van der Waals surface area contributed by atoms with E-state index in [-0.39, 0.29) is 6.10 Å². The molecule has 5 nitrogen and oxygen atoms in total. The van der Waals surface area contributed by atoms with Crippen LogP contribution in [0, 0.1) is 0 Å². The van der Waals surface area contributed by atoms with Crippen LogP contribution in [0.1, 0.15) is 6.92 Å². The Morgan fingerprint density at radius 2 is 2.31 bits per heavy atom. The Balaban J connectivity index is 2.45. The smallest absolute Gasteiger partial charge is 0.411 e. The Morgan fingerprint density at radius 3 is 2.94 bits per heavy atom. The summed E-state index contributed by atoms with van der Waals surface area (Å²) in [6, 6.07) is 6.88. The Kier molecular flexibility index (Phi) is 4.60. The van der Waals surface area contributed by atoms with Crippen molar-refractivity contribution in [2.45, 2.75) is 13.0 Å². The number of carbonyl (C=O) groups excluding carboxylic acids is 1. The van der Waals surface area contributed by atoms with Crippen LogP contribution in [0.3, 0.4) is 0 Å². The molecule has 0 saturated carbocycles. The standard InChI is InChI=1S/C11H16N2O3/c1-8(7-15-2)16-11(14)13-10-5-3-4-9(12)6-10/h3-6,8H,7,12H2,1-2H3,(H,13,14). The molecule has 1 aromatic rings. The maximum atomic E-state index is 11.4. The summed E-state index contributed by atoms with van der Waals surface area (Å²) >= 11 is 0. The van der Waals surface area contributed by atoms with Crippen molar-refractivity contribution >= 4 is 17.5 Å². The highest BCUT2D eigenvalue weighted by molar-refractivity contribution is 5.85. The maximum absolute atomic E-state index is 11.4. The predicted molar refractivity (Wildman–Crippen MR) is 62.3 cm³/mol. The highest BCUT2D eigenvalue weighted by Gasteiger charge is 2.08. The lowest BCUT2D eigenvalue weighted by Crippen LogP contribution is -2.23. The third-order valence-corrected chi connectivity index (χ3v) is 1.84. The van der Waals surface area contributed by atoms with Gasteiger partial charge < -0.3 is 15.2 Å². The van der Waals surface area contributed by atoms with Gasteiger partial charge in [-0.15, -0.1) is 0 Å². The molecule has 0 saturated heterocycles. The van der Waals surface area contributed by atoms with E-state index in [9.17, 15) is 4.79 Å². The van der Waals surface area contributed by atoms with Crippen LogP contribution in [0.15, 0.2) is 24.3 Å². The normalized spacial score (nSPS) is 11.9. The highest BCUT2D eigenvalue weighted by Crippen LogP contribution is 2.12. The van der Waals surface area contributed by atoms with Gasteiger partial charge in [-0.05, 0) is 25.1 Å². The average molecular weight is 224 g/mol. The molecular weight excluding hydrogens is 208 g/mol. The predicted octanol–water partition coefficient (Wildman–Crippen LogP) is 1.85. The fourth-order valence-electron chi connectivity index (χ4n) is 1.22. The summed E-state index contributed by atoms with van der Waals surface area (Å²) in [7, 11) is 1.55. The number of anilines is 2. The summed E-state index contributed by atoms with van der Waals surface area (Å²) in [6.07, 6.45) is -0.804. The van der Waals surface area contributed by atoms with Gasteiger partial charge in [0.2, 0.25) is 0 Å². The molecule has 3 N–H and O–H groups in total. The molecule has 0 fully saturated rings. The van der Waals surface area contributed by atoms with Gasteiger partial charge in [-0.3, -0.25) is 5.32 Å². The summed E-state index contributed by atoms with van der Waals surface area (Å²) in [6.45, 7) is 2.12. The van der Waals surface area contributed by atoms with Crippen LogP contribution >= 0.6 is 0 Å². The van der Waals surface area contributed by atoms with Gasteiger partial charge in [0.15, 0.2) is 0 Å². The number of amides is 1. The van der Waals surface area contributed by atoms with Crippen LogP contribution < -0.4 is 11.1 Å². The van der Waals surface area contributed by atoms with E-state index in [1.165, 1.54) is 0 Å². The number of nitrogens with one attached hydrogen (secondary N) is 1. The van der Waals surface area contributed by atoms with E-state index in [0.29, 0.717) is 18.0 Å². The van der Waals surface area contributed by atoms with Gasteiger partial charge in [0.25, 0.3) is 0 Å². The lowest BCUT2D eigenvalue weighted by molar-refractivity contribution is 0.0564. The van der Waals surface area contributed by atoms with Crippen molar-refractivity contribution in [2.75, 3.05) is 24.8 Å². The number of nitrogen functional groups attached to an aromatic ring is 1. The number of ether oxygens (including phenoxy) is 2. The number of nitrogens with two attached hydrogens (primary N) is 1. The SMILES string of the molecule is COCC(C)OC(=O)Nc1cccc(N)c1. The Bertz CT molecular complexity index is 355. The van der Waals surface area contributed by atoms with E-state index >= 15 is 0 Å². The summed E-state index contributed by atoms with van der Waals surface area (Å²) in [5.41, 5.74) is 6.76. The fraction of sp³-hybridized carbons (Fsp3) is 0.364. The van der Waals surface area contributed by atoms with Crippen LogP contribution in [0.5, 0.6) is 0 Å². The fourth-order valence-corrected chi connectivity index (χ4v) is 1.22. The first-order valence-corrected chi connectivity index (χ1v) is 4.94. The number of hydrogen-bond acceptors (Lipinski definition) is 4. The Morgan fingerprint density at radius 1 is 1.56 bits per heavy atom. The van der Waals surface area contributed by atoms with Crippen molar-refractivity contribution in [3.05, 3.63) is 24.3 Å². The molecule has 16 heavy (non-hydrogen) atoms. The van der Waals surface area contributed by atoms with E-state index in [1.54, 1.807) is 38.3 Å². The third kappa shape index (κ3) is 4.18. The van der Waals surface area contributed by atoms with Crippen LogP contribution in [0.25, 0.3) is 0 Å². The second kappa shape index (κ2) is 5.97. The van der Waals surface area contributed by atoms with Crippen molar-refractivity contribution in [3.8, 4) is 0 Å². The molecular formula is C11H16N2O3. The minimum Gasteiger partial charge on any atom is -0.444 e. The van der Waals surface area contributed by atoms with Crippen LogP contribution in [-0.2, 0) is 9.47 Å². The topological polar surface area (TPSA) is 73.6 Å². The van der Waals surface area contributed by atoms with Crippen molar-refractivity contribution in [3.63, 3.8) is 0 Å². The van der Waals surface area contributed by atoms with Gasteiger partial charge >= 0.3 is 6.09 Å². The van der Waals surface area contributed by atoms with Crippen LogP contribution in [0.4, 0.5) is 16.2 Å². The van der Waals surface area contributed by atoms with Gasteiger partial charge in [0.05, 0.1) is 6.61 Å². The van der Waals surface area contributed by atoms with Gasteiger partial charge in [-0.25, -0.2) is 4.79 Å². The van der Waals surface area contributed by atoms with Gasteiger partial charge in [0, 0.05) is 18.5 Å². The quantitative estimate of drug-likeness (QED) is 0.765. The van der Waals surface area contributed by atoms with E-state index < -0.39 is 6.09 Å². The largest absolute Gasteiger partial charge is 0.444 e. The molecule has 1 unspecified atom stereocenters. The zero-order valence-corrected chi connectivity index (χ0v) is 9.40. The molecule has 5 heteroatoms. The van der Waals surface area contributed by atoms with Crippen molar-refractivity contribution < 1.29 is 14.3 Å². The monoisotopic (exact) mass is 224 g/mol. The number of methoxy groups -OCH3 is 1. The van der Waals surface area contributed by atoms with Crippen LogP contribution in [-0.4, -0.2) is 25.9 Å². The number of benzene rings is 1. The highest BCUT2D eigenvalue weighted by atomic mass is 16.6. The molecule has 0 bridgehead atoms. The lowest BCUT2D eigenvalue weighted by atomic mass is 10.3. The summed E-state index contributed by atoms with van der Waals surface area (Å²) in [4.78, 5) is 11.4. The van der Waals surface area contributed by atoms with E-state index in [4.69, 9.17) is 15.2 Å². The van der Waals surface area contributed by atoms with Gasteiger partial charge in [-0.1, -0.05) is 6.07 Å². The van der Waals surface area contributed by atoms with E-state index in [0.717, 1.165) is 0 Å². The zero-order chi connectivity index (χ0) is 12.0. The molecule has 0 aliphatic rings. The second-order valence-corrected chi connectivity index (χ2v) is 3.42. The maximum Gasteiger partial charge on any atom is 0.411 e. The Hall–Kier alpha value is -1.75. The van der Waals surface area contributed by atoms with Crippen molar-refractivity contribution in [1.29, 1.82) is 0 Å². The minimum atomic E-state index is -0.518. The first-order valence-electron chi connectivity index (χ1n) is 4.94. The molecule has 1 amide bonds. The minimum absolute atomic E-state index is 0.286. The van der Waals surface area contributed by atoms with Crippen molar-refractivity contribution in [1.82, 2.24) is 0 Å². The first-order chi connectivity index (χ1) is 7.61. The molecule has 0 aliphatic carbocycles. The summed E-state index contributed by atoms with van der Waals surface area (Å²) in [5, 5.41) is 2.58. The van der Waals surface area contributed by atoms with Gasteiger partial charge in [-0.2, -0.15) is 0 Å². The third-order valence-electron chi connectivity index (χ3n) is 1.84. The average Bonchev–Trinajstić information content (AvgIpc) is 2.17. The van der Waals surface area contributed by atoms with E-state index in [1.807, 2.05) is 0 Å². The molecule has 88 valence electrons. The molecule has 1 rings (SSSR count). The molecule has 0 aromatic heterocycles. The number of carbonyl (C=O) groups is 1. The first kappa shape index (κ1) is 12.3. The number of hydrogen-bond donors (Lipinski definition) is 2. The van der Waals surface area contributed by atoms with E-state index in [2.05, 4.69) is 5.32 Å². The molecule has 0 radical (unpaired) electrons. The number of rotatable bonds is 4. The van der Waals surface area contributed by atoms with Crippen molar-refractivity contribution in [2.24, 2.45) is 0 Å². The summed E-state index contributed by atoms with van der Waals surface area (Å²) < 4.78 is 9.87. The van der Waals surface area contributed by atoms with Crippen LogP contribution in [0.2, 0.25) is 0 Å². The van der Waals surface area contributed by atoms with Gasteiger partial charge in [0.1, 0.15) is 6.10 Å². The lowest BCUT2D eigenvalue weighted by Gasteiger charge is -2.12. The second-order valence-electron chi connectivity index (χ2n) is 3.42. The summed E-state index contributed by atoms with van der Waals surface area (Å²) in [5.74, 6) is 0. The zero-order valence-electron chi connectivity index (χ0n) is 9.40. The molecule has 0 spiro atoms.